The minimum absolute atomic E-state index is 0.196. The molecule has 234 valence electrons. The van der Waals surface area contributed by atoms with Crippen molar-refractivity contribution in [3.8, 4) is 22.3 Å². The number of halogens is 1. The van der Waals surface area contributed by atoms with Gasteiger partial charge in [-0.05, 0) is 73.8 Å². The highest BCUT2D eigenvalue weighted by Gasteiger charge is 2.20. The summed E-state index contributed by atoms with van der Waals surface area (Å²) in [5.41, 5.74) is 9.48. The summed E-state index contributed by atoms with van der Waals surface area (Å²) in [5.74, 6) is 0.165. The number of H-pyrrole nitrogens is 1. The second kappa shape index (κ2) is 12.9. The molecule has 4 heterocycles. The molecule has 47 heavy (non-hydrogen) atoms. The molecule has 0 aliphatic carbocycles. The Morgan fingerprint density at radius 1 is 0.872 bits per heavy atom. The third kappa shape index (κ3) is 6.45. The third-order valence-corrected chi connectivity index (χ3v) is 8.02. The van der Waals surface area contributed by atoms with E-state index in [1.54, 1.807) is 36.9 Å². The molecule has 9 nitrogen and oxygen atoms in total. The van der Waals surface area contributed by atoms with E-state index in [1.165, 1.54) is 12.1 Å². The van der Waals surface area contributed by atoms with Crippen molar-refractivity contribution in [1.29, 1.82) is 0 Å². The molecule has 10 heteroatoms. The summed E-state index contributed by atoms with van der Waals surface area (Å²) in [6.45, 7) is 2.15. The highest BCUT2D eigenvalue weighted by atomic mass is 19.1. The lowest BCUT2D eigenvalue weighted by Gasteiger charge is -2.19. The van der Waals surface area contributed by atoms with Crippen molar-refractivity contribution in [2.75, 3.05) is 49.7 Å². The Morgan fingerprint density at radius 2 is 1.70 bits per heavy atom. The fraction of sp³-hybridized carbons (Fsp3) is 0.135. The molecule has 7 rings (SSSR count). The van der Waals surface area contributed by atoms with Crippen molar-refractivity contribution < 1.29 is 9.18 Å². The first-order valence-electron chi connectivity index (χ1n) is 15.4. The Bertz CT molecular complexity index is 2120. The van der Waals surface area contributed by atoms with Gasteiger partial charge in [0, 0.05) is 71.2 Å². The summed E-state index contributed by atoms with van der Waals surface area (Å²) >= 11 is 0. The fourth-order valence-electron chi connectivity index (χ4n) is 5.70. The summed E-state index contributed by atoms with van der Waals surface area (Å²) in [7, 11) is 4.00. The van der Waals surface area contributed by atoms with Gasteiger partial charge in [0.15, 0.2) is 0 Å². The minimum atomic E-state index is -0.330. The molecule has 3 aromatic carbocycles. The number of likely N-dealkylation sites (N-methyl/N-ethyl adjacent to an activating group) is 1. The van der Waals surface area contributed by atoms with Gasteiger partial charge in [0.1, 0.15) is 11.6 Å². The van der Waals surface area contributed by atoms with E-state index in [0.29, 0.717) is 46.9 Å². The topological polar surface area (TPSA) is 111 Å². The normalized spacial score (nSPS) is 12.4. The number of benzene rings is 3. The number of aromatic nitrogens is 4. The van der Waals surface area contributed by atoms with E-state index in [4.69, 9.17) is 4.98 Å². The zero-order valence-electron chi connectivity index (χ0n) is 26.0. The second-order valence-corrected chi connectivity index (χ2v) is 11.7. The largest absolute Gasteiger partial charge is 0.384 e. The molecule has 0 saturated carbocycles. The lowest BCUT2D eigenvalue weighted by molar-refractivity contribution is 0.102. The predicted molar refractivity (Wildman–Crippen MR) is 186 cm³/mol. The number of amides is 1. The Kier molecular flexibility index (Phi) is 8.16. The number of aromatic amines is 1. The van der Waals surface area contributed by atoms with E-state index in [-0.39, 0.29) is 11.7 Å². The van der Waals surface area contributed by atoms with E-state index < -0.39 is 0 Å². The Morgan fingerprint density at radius 3 is 2.55 bits per heavy atom. The highest BCUT2D eigenvalue weighted by molar-refractivity contribution is 6.04. The molecular formula is C37H33FN8O. The molecule has 0 radical (unpaired) electrons. The molecular weight excluding hydrogens is 591 g/mol. The number of carbonyl (C=O) groups is 1. The van der Waals surface area contributed by atoms with Gasteiger partial charge in [-0.2, -0.15) is 0 Å². The first-order chi connectivity index (χ1) is 22.9. The van der Waals surface area contributed by atoms with Gasteiger partial charge >= 0.3 is 0 Å². The first kappa shape index (κ1) is 29.8. The lowest BCUT2D eigenvalue weighted by atomic mass is 9.95. The van der Waals surface area contributed by atoms with Gasteiger partial charge in [-0.3, -0.25) is 14.8 Å². The Balaban J connectivity index is 1.20. The van der Waals surface area contributed by atoms with Gasteiger partial charge in [0.25, 0.3) is 5.91 Å². The molecule has 3 aromatic heterocycles. The Labute approximate surface area is 271 Å². The average Bonchev–Trinajstić information content (AvgIpc) is 3.52. The monoisotopic (exact) mass is 624 g/mol. The van der Waals surface area contributed by atoms with E-state index in [2.05, 4.69) is 47.9 Å². The maximum Gasteiger partial charge on any atom is 0.255 e. The standard InChI is InChI=1S/C37H33FN8O/c1-46(2)13-12-41-28-15-25(14-27(38)18-28)32-21-40-22-34-35(32)45-36(44-34)30-10-11-42-33-9-8-24(17-31(30)33)26-16-29(20-39-19-26)43-37(47)23-6-4-3-5-7-23/h3-10,14-22,41-42H,11-13H2,1-2H3,(H,43,47)(H,44,45). The van der Waals surface area contributed by atoms with Crippen LogP contribution in [0.3, 0.4) is 0 Å². The van der Waals surface area contributed by atoms with Crippen LogP contribution >= 0.6 is 0 Å². The van der Waals surface area contributed by atoms with Gasteiger partial charge in [-0.15, -0.1) is 0 Å². The SMILES string of the molecule is CN(C)CCNc1cc(F)cc(-c2cncc3[nH]c(C4=CCNc5ccc(-c6cncc(NC(=O)c7ccccc7)c6)cc54)nc23)c1. The summed E-state index contributed by atoms with van der Waals surface area (Å²) in [4.78, 5) is 32.1. The van der Waals surface area contributed by atoms with Crippen molar-refractivity contribution in [2.24, 2.45) is 0 Å². The van der Waals surface area contributed by atoms with E-state index in [1.807, 2.05) is 56.6 Å². The highest BCUT2D eigenvalue weighted by Crippen LogP contribution is 2.37. The van der Waals surface area contributed by atoms with Crippen molar-refractivity contribution in [2.45, 2.75) is 0 Å². The summed E-state index contributed by atoms with van der Waals surface area (Å²) < 4.78 is 14.8. The van der Waals surface area contributed by atoms with Crippen LogP contribution in [0.5, 0.6) is 0 Å². The van der Waals surface area contributed by atoms with Crippen LogP contribution in [0.15, 0.2) is 104 Å². The smallest absolute Gasteiger partial charge is 0.255 e. The summed E-state index contributed by atoms with van der Waals surface area (Å²) in [6, 6.07) is 22.1. The number of imidazole rings is 1. The average molecular weight is 625 g/mol. The quantitative estimate of drug-likeness (QED) is 0.138. The van der Waals surface area contributed by atoms with Crippen LogP contribution in [0, 0.1) is 5.82 Å². The molecule has 0 atom stereocenters. The minimum Gasteiger partial charge on any atom is -0.384 e. The van der Waals surface area contributed by atoms with Crippen molar-refractivity contribution >= 4 is 39.6 Å². The third-order valence-electron chi connectivity index (χ3n) is 8.02. The van der Waals surface area contributed by atoms with Crippen LogP contribution in [-0.4, -0.2) is 64.5 Å². The molecule has 0 spiro atoms. The van der Waals surface area contributed by atoms with Crippen LogP contribution in [0.4, 0.5) is 21.5 Å². The van der Waals surface area contributed by atoms with Gasteiger partial charge in [-0.25, -0.2) is 9.37 Å². The van der Waals surface area contributed by atoms with Crippen LogP contribution in [0.1, 0.15) is 21.7 Å². The molecule has 6 aromatic rings. The Hall–Kier alpha value is -5.87. The maximum absolute atomic E-state index is 14.8. The number of carbonyl (C=O) groups excluding carboxylic acids is 1. The number of hydrogen-bond acceptors (Lipinski definition) is 7. The number of rotatable bonds is 9. The molecule has 1 aliphatic rings. The lowest BCUT2D eigenvalue weighted by Crippen LogP contribution is -2.20. The number of anilines is 3. The second-order valence-electron chi connectivity index (χ2n) is 11.7. The molecule has 1 amide bonds. The molecule has 4 N–H and O–H groups in total. The number of nitrogens with one attached hydrogen (secondary N) is 4. The van der Waals surface area contributed by atoms with Crippen LogP contribution in [0.25, 0.3) is 38.9 Å². The molecule has 0 fully saturated rings. The van der Waals surface area contributed by atoms with Gasteiger partial charge in [0.2, 0.25) is 0 Å². The first-order valence-corrected chi connectivity index (χ1v) is 15.4. The summed E-state index contributed by atoms with van der Waals surface area (Å²) in [5, 5.41) is 9.70. The number of hydrogen-bond donors (Lipinski definition) is 4. The van der Waals surface area contributed by atoms with Crippen LogP contribution in [0.2, 0.25) is 0 Å². The van der Waals surface area contributed by atoms with Crippen molar-refractivity contribution in [3.05, 3.63) is 126 Å². The number of fused-ring (bicyclic) bond motifs is 2. The predicted octanol–water partition coefficient (Wildman–Crippen LogP) is 6.91. The van der Waals surface area contributed by atoms with Gasteiger partial charge < -0.3 is 25.8 Å². The summed E-state index contributed by atoms with van der Waals surface area (Å²) in [6.07, 6.45) is 8.98. The van der Waals surface area contributed by atoms with Crippen molar-refractivity contribution in [1.82, 2.24) is 24.8 Å². The molecule has 1 aliphatic heterocycles. The zero-order chi connectivity index (χ0) is 32.3. The number of pyridine rings is 2. The number of nitrogens with zero attached hydrogens (tertiary/aromatic N) is 4. The van der Waals surface area contributed by atoms with Gasteiger partial charge in [-0.1, -0.05) is 30.3 Å². The van der Waals surface area contributed by atoms with Crippen LogP contribution in [-0.2, 0) is 0 Å². The molecule has 0 unspecified atom stereocenters. The van der Waals surface area contributed by atoms with E-state index in [0.717, 1.165) is 45.6 Å². The van der Waals surface area contributed by atoms with E-state index in [9.17, 15) is 9.18 Å². The molecule has 0 bridgehead atoms. The van der Waals surface area contributed by atoms with Crippen LogP contribution < -0.4 is 16.0 Å². The van der Waals surface area contributed by atoms with Crippen molar-refractivity contribution in [3.63, 3.8) is 0 Å². The molecule has 0 saturated heterocycles. The van der Waals surface area contributed by atoms with Gasteiger partial charge in [0.05, 0.1) is 29.1 Å². The zero-order valence-corrected chi connectivity index (χ0v) is 26.0. The maximum atomic E-state index is 14.8. The fourth-order valence-corrected chi connectivity index (χ4v) is 5.70. The van der Waals surface area contributed by atoms with E-state index >= 15 is 0 Å².